The summed E-state index contributed by atoms with van der Waals surface area (Å²) >= 11 is 0. The van der Waals surface area contributed by atoms with Crippen LogP contribution in [0.5, 0.6) is 0 Å². The van der Waals surface area contributed by atoms with E-state index in [-0.39, 0.29) is 5.54 Å². The van der Waals surface area contributed by atoms with Gasteiger partial charge in [-0.25, -0.2) is 0 Å². The number of hydrogen-bond acceptors (Lipinski definition) is 3. The van der Waals surface area contributed by atoms with Gasteiger partial charge in [-0.1, -0.05) is 0 Å². The molecule has 0 aliphatic heterocycles. The van der Waals surface area contributed by atoms with E-state index >= 15 is 0 Å². The average molecular weight is 126 g/mol. The Morgan fingerprint density at radius 1 is 1.67 bits per heavy atom. The first kappa shape index (κ1) is 6.22. The van der Waals surface area contributed by atoms with Crippen molar-refractivity contribution in [3.05, 3.63) is 11.9 Å². The van der Waals surface area contributed by atoms with Crippen molar-refractivity contribution in [2.45, 2.75) is 19.4 Å². The van der Waals surface area contributed by atoms with Gasteiger partial charge in [0, 0.05) is 0 Å². The monoisotopic (exact) mass is 126 g/mol. The summed E-state index contributed by atoms with van der Waals surface area (Å²) < 4.78 is 0. The van der Waals surface area contributed by atoms with E-state index in [2.05, 4.69) is 15.4 Å². The van der Waals surface area contributed by atoms with Crippen LogP contribution in [-0.4, -0.2) is 15.4 Å². The third-order valence-electron chi connectivity index (χ3n) is 1.08. The Labute approximate surface area is 53.5 Å². The van der Waals surface area contributed by atoms with Crippen molar-refractivity contribution in [3.63, 3.8) is 0 Å². The van der Waals surface area contributed by atoms with Crippen molar-refractivity contribution in [2.24, 2.45) is 5.73 Å². The van der Waals surface area contributed by atoms with Gasteiger partial charge in [0.2, 0.25) is 0 Å². The minimum absolute atomic E-state index is 0.382. The summed E-state index contributed by atoms with van der Waals surface area (Å²) in [6.07, 6.45) is 1.62. The molecule has 0 fully saturated rings. The molecule has 0 aliphatic carbocycles. The van der Waals surface area contributed by atoms with Crippen molar-refractivity contribution >= 4 is 0 Å². The van der Waals surface area contributed by atoms with Crippen molar-refractivity contribution in [2.75, 3.05) is 0 Å². The quantitative estimate of drug-likeness (QED) is 0.556. The molecule has 1 aromatic heterocycles. The molecule has 50 valence electrons. The molecular weight excluding hydrogens is 116 g/mol. The van der Waals surface area contributed by atoms with Crippen LogP contribution >= 0.6 is 0 Å². The number of nitrogens with two attached hydrogens (primary N) is 1. The molecule has 1 aromatic rings. The van der Waals surface area contributed by atoms with Crippen LogP contribution in [-0.2, 0) is 5.54 Å². The first-order valence-electron chi connectivity index (χ1n) is 2.76. The Bertz CT molecular complexity index is 171. The van der Waals surface area contributed by atoms with Crippen molar-refractivity contribution in [1.29, 1.82) is 0 Å². The number of hydrogen-bond donors (Lipinski definition) is 2. The van der Waals surface area contributed by atoms with Crippen LogP contribution in [0.3, 0.4) is 0 Å². The zero-order valence-corrected chi connectivity index (χ0v) is 5.55. The Balaban J connectivity index is 2.90. The lowest BCUT2D eigenvalue weighted by atomic mass is 10.0. The number of rotatable bonds is 1. The van der Waals surface area contributed by atoms with Crippen LogP contribution in [0.4, 0.5) is 0 Å². The average Bonchev–Trinajstić information content (AvgIpc) is 2.08. The number of nitrogens with one attached hydrogen (secondary N) is 1. The van der Waals surface area contributed by atoms with E-state index in [0.29, 0.717) is 0 Å². The highest BCUT2D eigenvalue weighted by molar-refractivity contribution is 5.03. The molecule has 0 aliphatic rings. The van der Waals surface area contributed by atoms with Crippen LogP contribution in [0.25, 0.3) is 0 Å². The number of H-pyrrole nitrogens is 1. The first-order valence-corrected chi connectivity index (χ1v) is 2.76. The summed E-state index contributed by atoms with van der Waals surface area (Å²) in [5.74, 6) is 0. The van der Waals surface area contributed by atoms with Crippen LogP contribution in [0.1, 0.15) is 19.5 Å². The minimum Gasteiger partial charge on any atom is -0.320 e. The first-order chi connectivity index (χ1) is 4.11. The van der Waals surface area contributed by atoms with E-state index < -0.39 is 0 Å². The molecule has 1 rings (SSSR count). The molecule has 3 N–H and O–H groups in total. The highest BCUT2D eigenvalue weighted by atomic mass is 15.3. The van der Waals surface area contributed by atoms with E-state index in [9.17, 15) is 0 Å². The summed E-state index contributed by atoms with van der Waals surface area (Å²) in [7, 11) is 0. The summed E-state index contributed by atoms with van der Waals surface area (Å²) in [4.78, 5) is 0. The second kappa shape index (κ2) is 1.80. The summed E-state index contributed by atoms with van der Waals surface area (Å²) in [6.45, 7) is 3.76. The van der Waals surface area contributed by atoms with Gasteiger partial charge in [0.1, 0.15) is 5.69 Å². The number of aromatic nitrogens is 3. The van der Waals surface area contributed by atoms with Gasteiger partial charge in [-0.05, 0) is 13.8 Å². The smallest absolute Gasteiger partial charge is 0.102 e. The van der Waals surface area contributed by atoms with Crippen molar-refractivity contribution in [1.82, 2.24) is 15.4 Å². The SMILES string of the molecule is CC(C)(N)c1cn[nH]n1. The largest absolute Gasteiger partial charge is 0.320 e. The van der Waals surface area contributed by atoms with E-state index in [4.69, 9.17) is 5.73 Å². The molecule has 0 saturated heterocycles. The lowest BCUT2D eigenvalue weighted by Gasteiger charge is -2.12. The van der Waals surface area contributed by atoms with Gasteiger partial charge < -0.3 is 5.73 Å². The third-order valence-corrected chi connectivity index (χ3v) is 1.08. The molecule has 4 heteroatoms. The van der Waals surface area contributed by atoms with E-state index in [1.165, 1.54) is 0 Å². The van der Waals surface area contributed by atoms with Gasteiger partial charge in [-0.3, -0.25) is 0 Å². The second-order valence-electron chi connectivity index (χ2n) is 2.58. The standard InChI is InChI=1S/C5H10N4/c1-5(2,6)4-3-7-9-8-4/h3H,6H2,1-2H3,(H,7,8,9). The maximum atomic E-state index is 5.68. The lowest BCUT2D eigenvalue weighted by Crippen LogP contribution is -2.29. The van der Waals surface area contributed by atoms with Crippen LogP contribution in [0.15, 0.2) is 6.20 Å². The van der Waals surface area contributed by atoms with E-state index in [1.807, 2.05) is 13.8 Å². The highest BCUT2D eigenvalue weighted by Crippen LogP contribution is 2.10. The molecule has 0 aromatic carbocycles. The lowest BCUT2D eigenvalue weighted by molar-refractivity contribution is 0.533. The summed E-state index contributed by atoms with van der Waals surface area (Å²) in [5.41, 5.74) is 6.08. The Hall–Kier alpha value is -0.900. The fourth-order valence-corrected chi connectivity index (χ4v) is 0.512. The van der Waals surface area contributed by atoms with Gasteiger partial charge in [0.05, 0.1) is 11.7 Å². The topological polar surface area (TPSA) is 67.6 Å². The Morgan fingerprint density at radius 2 is 2.33 bits per heavy atom. The summed E-state index contributed by atoms with van der Waals surface area (Å²) in [5, 5.41) is 9.96. The van der Waals surface area contributed by atoms with E-state index in [0.717, 1.165) is 5.69 Å². The van der Waals surface area contributed by atoms with Gasteiger partial charge >= 0.3 is 0 Å². The molecule has 0 radical (unpaired) electrons. The van der Waals surface area contributed by atoms with Gasteiger partial charge in [-0.2, -0.15) is 15.4 Å². The molecule has 0 saturated carbocycles. The van der Waals surface area contributed by atoms with Gasteiger partial charge in [0.25, 0.3) is 0 Å². The van der Waals surface area contributed by atoms with Crippen LogP contribution < -0.4 is 5.73 Å². The third kappa shape index (κ3) is 1.26. The van der Waals surface area contributed by atoms with Gasteiger partial charge in [-0.15, -0.1) is 0 Å². The van der Waals surface area contributed by atoms with Gasteiger partial charge in [0.15, 0.2) is 0 Å². The molecular formula is C5H10N4. The zero-order chi connectivity index (χ0) is 6.91. The van der Waals surface area contributed by atoms with Crippen LogP contribution in [0.2, 0.25) is 0 Å². The molecule has 0 unspecified atom stereocenters. The van der Waals surface area contributed by atoms with Crippen LogP contribution in [0, 0.1) is 0 Å². The fraction of sp³-hybridized carbons (Fsp3) is 0.600. The molecule has 0 spiro atoms. The molecule has 1 heterocycles. The normalized spacial score (nSPS) is 11.9. The van der Waals surface area contributed by atoms with Crippen molar-refractivity contribution in [3.8, 4) is 0 Å². The molecule has 9 heavy (non-hydrogen) atoms. The predicted molar refractivity (Wildman–Crippen MR) is 33.6 cm³/mol. The predicted octanol–water partition coefficient (Wildman–Crippen LogP) is -0.00150. The second-order valence-corrected chi connectivity index (χ2v) is 2.58. The minimum atomic E-state index is -0.382. The maximum Gasteiger partial charge on any atom is 0.102 e. The Morgan fingerprint density at radius 3 is 2.56 bits per heavy atom. The zero-order valence-electron chi connectivity index (χ0n) is 5.55. The molecule has 0 atom stereocenters. The Kier molecular flexibility index (Phi) is 1.25. The number of aromatic amines is 1. The maximum absolute atomic E-state index is 5.68. The highest BCUT2D eigenvalue weighted by Gasteiger charge is 2.15. The molecule has 0 bridgehead atoms. The van der Waals surface area contributed by atoms with E-state index in [1.54, 1.807) is 6.20 Å². The summed E-state index contributed by atoms with van der Waals surface area (Å²) in [6, 6.07) is 0. The van der Waals surface area contributed by atoms with Crippen molar-refractivity contribution < 1.29 is 0 Å². The molecule has 0 amide bonds. The fourth-order valence-electron chi connectivity index (χ4n) is 0.512. The molecule has 4 nitrogen and oxygen atoms in total. The number of nitrogens with zero attached hydrogens (tertiary/aromatic N) is 2.